The summed E-state index contributed by atoms with van der Waals surface area (Å²) in [7, 11) is 0. The van der Waals surface area contributed by atoms with Gasteiger partial charge in [-0.1, -0.05) is 24.3 Å². The van der Waals surface area contributed by atoms with Gasteiger partial charge in [-0.3, -0.25) is 9.59 Å². The van der Waals surface area contributed by atoms with Gasteiger partial charge in [0, 0.05) is 0 Å². The Labute approximate surface area is 121 Å². The second-order valence-electron chi connectivity index (χ2n) is 5.83. The number of carbonyl (C=O) groups is 2. The van der Waals surface area contributed by atoms with E-state index in [-0.39, 0.29) is 41.2 Å². The number of phenols is 1. The summed E-state index contributed by atoms with van der Waals surface area (Å²) in [5.41, 5.74) is 0.647. The summed E-state index contributed by atoms with van der Waals surface area (Å²) in [5.74, 6) is -0.342. The molecule has 1 saturated heterocycles. The summed E-state index contributed by atoms with van der Waals surface area (Å²) >= 11 is 0. The van der Waals surface area contributed by atoms with Gasteiger partial charge in [0.15, 0.2) is 0 Å². The Morgan fingerprint density at radius 1 is 1.14 bits per heavy atom. The zero-order valence-electron chi connectivity index (χ0n) is 11.2. The van der Waals surface area contributed by atoms with Crippen molar-refractivity contribution in [1.82, 2.24) is 5.01 Å². The molecule has 4 rings (SSSR count). The van der Waals surface area contributed by atoms with Crippen molar-refractivity contribution in [3.05, 3.63) is 42.0 Å². The van der Waals surface area contributed by atoms with Crippen LogP contribution in [0.25, 0.3) is 0 Å². The summed E-state index contributed by atoms with van der Waals surface area (Å²) in [6.07, 6.45) is 6.46. The first-order valence-electron chi connectivity index (χ1n) is 7.04. The number of aromatic hydroxyl groups is 1. The SMILES string of the molecule is O=C1[C@@H]2[C@@H](C(=O)N1/N=C\c1cccc(O)c1)[C@H]1C=C[C@H]2C1. The molecule has 0 radical (unpaired) electrons. The number of amides is 2. The second-order valence-corrected chi connectivity index (χ2v) is 5.83. The molecule has 4 atom stereocenters. The standard InChI is InChI=1S/C16H14N2O3/c19-12-3-1-2-9(6-12)8-17-18-15(20)13-10-4-5-11(7-10)14(13)16(18)21/h1-6,8,10-11,13-14,19H,7H2/b17-8-/t10-,11-,13-,14-/m0/s1. The van der Waals surface area contributed by atoms with Crippen molar-refractivity contribution in [3.8, 4) is 5.75 Å². The minimum atomic E-state index is -0.228. The minimum Gasteiger partial charge on any atom is -0.508 e. The lowest BCUT2D eigenvalue weighted by atomic mass is 9.85. The molecule has 0 unspecified atom stereocenters. The van der Waals surface area contributed by atoms with E-state index in [1.807, 2.05) is 0 Å². The van der Waals surface area contributed by atoms with Crippen molar-refractivity contribution in [2.75, 3.05) is 0 Å². The van der Waals surface area contributed by atoms with Crippen LogP contribution in [-0.2, 0) is 9.59 Å². The lowest BCUT2D eigenvalue weighted by Gasteiger charge is -2.13. The smallest absolute Gasteiger partial charge is 0.254 e. The van der Waals surface area contributed by atoms with Crippen LogP contribution in [-0.4, -0.2) is 28.1 Å². The Morgan fingerprint density at radius 3 is 2.43 bits per heavy atom. The van der Waals surface area contributed by atoms with Crippen LogP contribution in [0.1, 0.15) is 12.0 Å². The Balaban J connectivity index is 1.60. The quantitative estimate of drug-likeness (QED) is 0.508. The molecule has 1 aromatic carbocycles. The normalized spacial score (nSPS) is 33.4. The molecule has 1 aromatic rings. The van der Waals surface area contributed by atoms with Crippen LogP contribution in [0.15, 0.2) is 41.5 Å². The van der Waals surface area contributed by atoms with Crippen LogP contribution >= 0.6 is 0 Å². The Morgan fingerprint density at radius 2 is 1.81 bits per heavy atom. The Kier molecular flexibility index (Phi) is 2.51. The number of rotatable bonds is 2. The van der Waals surface area contributed by atoms with Crippen molar-refractivity contribution >= 4 is 18.0 Å². The molecule has 1 saturated carbocycles. The fourth-order valence-electron chi connectivity index (χ4n) is 3.73. The molecule has 106 valence electrons. The van der Waals surface area contributed by atoms with E-state index in [1.54, 1.807) is 18.2 Å². The lowest BCUT2D eigenvalue weighted by molar-refractivity contribution is -0.140. The lowest BCUT2D eigenvalue weighted by Crippen LogP contribution is -2.28. The van der Waals surface area contributed by atoms with E-state index in [2.05, 4.69) is 17.3 Å². The predicted octanol–water partition coefficient (Wildman–Crippen LogP) is 1.53. The van der Waals surface area contributed by atoms with E-state index in [0.29, 0.717) is 5.56 Å². The van der Waals surface area contributed by atoms with E-state index in [9.17, 15) is 14.7 Å². The number of benzene rings is 1. The maximum absolute atomic E-state index is 12.4. The van der Waals surface area contributed by atoms with E-state index >= 15 is 0 Å². The van der Waals surface area contributed by atoms with Gasteiger partial charge in [0.1, 0.15) is 5.75 Å². The van der Waals surface area contributed by atoms with Crippen LogP contribution in [0.5, 0.6) is 5.75 Å². The Bertz CT molecular complexity index is 665. The first-order valence-corrected chi connectivity index (χ1v) is 7.04. The fourth-order valence-corrected chi connectivity index (χ4v) is 3.73. The number of allylic oxidation sites excluding steroid dienone is 2. The largest absolute Gasteiger partial charge is 0.508 e. The van der Waals surface area contributed by atoms with Crippen LogP contribution in [0.4, 0.5) is 0 Å². The highest BCUT2D eigenvalue weighted by atomic mass is 16.3. The molecule has 2 bridgehead atoms. The molecule has 21 heavy (non-hydrogen) atoms. The summed E-state index contributed by atoms with van der Waals surface area (Å²) in [6.45, 7) is 0. The third-order valence-corrected chi connectivity index (χ3v) is 4.64. The molecule has 3 aliphatic rings. The summed E-state index contributed by atoms with van der Waals surface area (Å²) in [5, 5.41) is 14.5. The van der Waals surface area contributed by atoms with Gasteiger partial charge in [-0.05, 0) is 36.0 Å². The number of imide groups is 1. The zero-order valence-corrected chi connectivity index (χ0v) is 11.2. The predicted molar refractivity (Wildman–Crippen MR) is 75.3 cm³/mol. The molecule has 2 amide bonds. The maximum Gasteiger partial charge on any atom is 0.254 e. The average molecular weight is 282 g/mol. The van der Waals surface area contributed by atoms with Gasteiger partial charge < -0.3 is 5.11 Å². The highest BCUT2D eigenvalue weighted by Crippen LogP contribution is 2.52. The second kappa shape index (κ2) is 4.28. The first kappa shape index (κ1) is 12.3. The van der Waals surface area contributed by atoms with Crippen molar-refractivity contribution in [2.24, 2.45) is 28.8 Å². The minimum absolute atomic E-state index is 0.122. The first-order chi connectivity index (χ1) is 10.1. The van der Waals surface area contributed by atoms with Gasteiger partial charge >= 0.3 is 0 Å². The molecule has 0 aromatic heterocycles. The number of hydrogen-bond donors (Lipinski definition) is 1. The molecule has 2 fully saturated rings. The van der Waals surface area contributed by atoms with Crippen molar-refractivity contribution in [2.45, 2.75) is 6.42 Å². The number of hydrogen-bond acceptors (Lipinski definition) is 4. The molecular formula is C16H14N2O3. The van der Waals surface area contributed by atoms with Crippen molar-refractivity contribution in [1.29, 1.82) is 0 Å². The number of phenolic OH excluding ortho intramolecular Hbond substituents is 1. The third kappa shape index (κ3) is 1.73. The highest BCUT2D eigenvalue weighted by molar-refractivity contribution is 6.06. The Hall–Kier alpha value is -2.43. The van der Waals surface area contributed by atoms with E-state index in [0.717, 1.165) is 11.4 Å². The van der Waals surface area contributed by atoms with E-state index in [1.165, 1.54) is 12.3 Å². The monoisotopic (exact) mass is 282 g/mol. The van der Waals surface area contributed by atoms with Crippen molar-refractivity contribution in [3.63, 3.8) is 0 Å². The molecule has 2 aliphatic carbocycles. The summed E-state index contributed by atoms with van der Waals surface area (Å²) in [6, 6.07) is 6.52. The maximum atomic E-state index is 12.4. The molecule has 1 N–H and O–H groups in total. The molecule has 5 heteroatoms. The zero-order chi connectivity index (χ0) is 14.6. The molecule has 5 nitrogen and oxygen atoms in total. The fraction of sp³-hybridized carbons (Fsp3) is 0.312. The summed E-state index contributed by atoms with van der Waals surface area (Å²) < 4.78 is 0. The average Bonchev–Trinajstić information content (AvgIpc) is 3.12. The van der Waals surface area contributed by atoms with Gasteiger partial charge in [-0.15, -0.1) is 0 Å². The topological polar surface area (TPSA) is 70.0 Å². The third-order valence-electron chi connectivity index (χ3n) is 4.64. The van der Waals surface area contributed by atoms with Crippen LogP contribution in [0.3, 0.4) is 0 Å². The number of hydrazone groups is 1. The molecular weight excluding hydrogens is 268 g/mol. The van der Waals surface area contributed by atoms with Crippen LogP contribution in [0, 0.1) is 23.7 Å². The van der Waals surface area contributed by atoms with Gasteiger partial charge in [0.25, 0.3) is 11.8 Å². The van der Waals surface area contributed by atoms with Gasteiger partial charge in [-0.2, -0.15) is 10.1 Å². The number of fused-ring (bicyclic) bond motifs is 5. The van der Waals surface area contributed by atoms with E-state index in [4.69, 9.17) is 0 Å². The van der Waals surface area contributed by atoms with Gasteiger partial charge in [-0.25, -0.2) is 0 Å². The van der Waals surface area contributed by atoms with E-state index < -0.39 is 0 Å². The molecule has 1 heterocycles. The number of carbonyl (C=O) groups excluding carboxylic acids is 2. The van der Waals surface area contributed by atoms with Crippen molar-refractivity contribution < 1.29 is 14.7 Å². The van der Waals surface area contributed by atoms with Crippen LogP contribution in [0.2, 0.25) is 0 Å². The molecule has 0 spiro atoms. The van der Waals surface area contributed by atoms with Crippen LogP contribution < -0.4 is 0 Å². The number of nitrogens with zero attached hydrogens (tertiary/aromatic N) is 2. The van der Waals surface area contributed by atoms with Gasteiger partial charge in [0.2, 0.25) is 0 Å². The summed E-state index contributed by atoms with van der Waals surface area (Å²) in [4.78, 5) is 24.8. The van der Waals surface area contributed by atoms with Gasteiger partial charge in [0.05, 0.1) is 18.1 Å². The highest BCUT2D eigenvalue weighted by Gasteiger charge is 2.59. The molecule has 1 aliphatic heterocycles.